The van der Waals surface area contributed by atoms with Gasteiger partial charge in [-0.05, 0) is 76.7 Å². The number of ether oxygens (including phenoxy) is 1. The monoisotopic (exact) mass is 1090 g/mol. The summed E-state index contributed by atoms with van der Waals surface area (Å²) < 4.78 is 30.3. The number of carbonyl (C=O) groups is 2. The zero-order valence-corrected chi connectivity index (χ0v) is 51.6. The summed E-state index contributed by atoms with van der Waals surface area (Å²) in [4.78, 5) is 40.0. The Morgan fingerprint density at radius 2 is 0.803 bits per heavy atom. The lowest BCUT2D eigenvalue weighted by atomic mass is 10.0. The molecule has 0 fully saturated rings. The Kier molecular flexibility index (Phi) is 54.3. The highest BCUT2D eigenvalue weighted by atomic mass is 31.2. The molecule has 0 aromatic carbocycles. The van der Waals surface area contributed by atoms with Crippen molar-refractivity contribution in [2.75, 3.05) is 40.9 Å². The van der Waals surface area contributed by atoms with E-state index in [1.54, 1.807) is 0 Å². The SMILES string of the molecule is CCCCC/C=C\C/C=C\C/C=C\C/C=C\CCCCCCCCCC(=O)OC(/C=C/CCCCCCCCCCC)C(COP(=O)([O-])OCC[N+](C)(C)C)NC(=O)CCCCCCCCCCCCCCCCCC. The van der Waals surface area contributed by atoms with Gasteiger partial charge in [0.2, 0.25) is 5.91 Å². The van der Waals surface area contributed by atoms with Gasteiger partial charge in [0.05, 0.1) is 33.8 Å². The maximum Gasteiger partial charge on any atom is 0.306 e. The molecule has 0 spiro atoms. The number of likely N-dealkylation sites (N-methyl/N-ethyl adjacent to an activating group) is 1. The number of nitrogens with one attached hydrogen (secondary N) is 1. The normalized spacial score (nSPS) is 14.0. The minimum atomic E-state index is -4.70. The van der Waals surface area contributed by atoms with Crippen LogP contribution in [0.1, 0.15) is 297 Å². The van der Waals surface area contributed by atoms with Gasteiger partial charge in [-0.25, -0.2) is 0 Å². The van der Waals surface area contributed by atoms with Gasteiger partial charge in [-0.3, -0.25) is 14.2 Å². The third-order valence-electron chi connectivity index (χ3n) is 14.2. The van der Waals surface area contributed by atoms with Gasteiger partial charge in [-0.15, -0.1) is 0 Å². The molecular formula is C66H123N2O7P. The van der Waals surface area contributed by atoms with Crippen molar-refractivity contribution < 1.29 is 37.3 Å². The average molecular weight is 1090 g/mol. The minimum Gasteiger partial charge on any atom is -0.756 e. The Morgan fingerprint density at radius 1 is 0.461 bits per heavy atom. The number of esters is 1. The van der Waals surface area contributed by atoms with Gasteiger partial charge in [0, 0.05) is 12.8 Å². The highest BCUT2D eigenvalue weighted by Crippen LogP contribution is 2.38. The second-order valence-corrected chi connectivity index (χ2v) is 24.3. The fourth-order valence-corrected chi connectivity index (χ4v) is 9.94. The topological polar surface area (TPSA) is 114 Å². The van der Waals surface area contributed by atoms with Crippen LogP contribution in [0.25, 0.3) is 0 Å². The zero-order valence-electron chi connectivity index (χ0n) is 50.7. The molecule has 0 aliphatic rings. The van der Waals surface area contributed by atoms with E-state index in [4.69, 9.17) is 13.8 Å². The fourth-order valence-electron chi connectivity index (χ4n) is 9.21. The average Bonchev–Trinajstić information content (AvgIpc) is 3.38. The summed E-state index contributed by atoms with van der Waals surface area (Å²) >= 11 is 0. The van der Waals surface area contributed by atoms with Crippen LogP contribution in [0.2, 0.25) is 0 Å². The summed E-state index contributed by atoms with van der Waals surface area (Å²) in [6.07, 6.45) is 70.4. The third-order valence-corrected chi connectivity index (χ3v) is 15.2. The standard InChI is InChI=1S/C66H123N2O7P/c1-7-10-13-16-19-22-25-27-29-31-32-33-34-35-36-37-39-41-44-47-50-53-56-59-66(70)75-64(57-54-51-48-45-42-24-21-18-15-12-9-3)63(62-74-76(71,72)73-61-60-68(4,5)6)67-65(69)58-55-52-49-46-43-40-38-30-28-26-23-20-17-14-11-8-2/h19,22,27,29,32-33,35-36,54,57,63-64H,7-18,20-21,23-26,28,30-31,34,37-53,55-56,58-62H2,1-6H3,(H-,67,69,71,72)/b22-19-,29-27-,33-32-,36-35-,57-54+. The van der Waals surface area contributed by atoms with Crippen LogP contribution in [-0.4, -0.2) is 69.4 Å². The van der Waals surface area contributed by atoms with Gasteiger partial charge >= 0.3 is 5.97 Å². The van der Waals surface area contributed by atoms with E-state index in [2.05, 4.69) is 74.7 Å². The van der Waals surface area contributed by atoms with E-state index in [1.165, 1.54) is 173 Å². The van der Waals surface area contributed by atoms with Crippen LogP contribution in [0.3, 0.4) is 0 Å². The number of hydrogen-bond acceptors (Lipinski definition) is 7. The lowest BCUT2D eigenvalue weighted by molar-refractivity contribution is -0.870. The van der Waals surface area contributed by atoms with Crippen LogP contribution in [0, 0.1) is 0 Å². The van der Waals surface area contributed by atoms with Crippen LogP contribution in [0.5, 0.6) is 0 Å². The number of allylic oxidation sites excluding steroid dienone is 9. The van der Waals surface area contributed by atoms with Crippen molar-refractivity contribution in [3.05, 3.63) is 60.8 Å². The molecule has 444 valence electrons. The molecule has 3 atom stereocenters. The number of carbonyl (C=O) groups excluding carboxylic acids is 2. The number of hydrogen-bond donors (Lipinski definition) is 1. The van der Waals surface area contributed by atoms with Gasteiger partial charge in [0.1, 0.15) is 19.3 Å². The Morgan fingerprint density at radius 3 is 1.22 bits per heavy atom. The van der Waals surface area contributed by atoms with Gasteiger partial charge in [0.15, 0.2) is 0 Å². The Balaban J connectivity index is 5.17. The number of phosphoric acid groups is 1. The van der Waals surface area contributed by atoms with Crippen LogP contribution in [-0.2, 0) is 27.9 Å². The summed E-state index contributed by atoms with van der Waals surface area (Å²) in [5.41, 5.74) is 0. The molecule has 0 aliphatic heterocycles. The first-order chi connectivity index (χ1) is 36.9. The second kappa shape index (κ2) is 56.0. The molecule has 1 N–H and O–H groups in total. The van der Waals surface area contributed by atoms with E-state index in [0.29, 0.717) is 17.4 Å². The predicted molar refractivity (Wildman–Crippen MR) is 325 cm³/mol. The summed E-state index contributed by atoms with van der Waals surface area (Å²) in [5.74, 6) is -0.545. The molecule has 9 nitrogen and oxygen atoms in total. The summed E-state index contributed by atoms with van der Waals surface area (Å²) in [7, 11) is 1.18. The van der Waals surface area contributed by atoms with Gasteiger partial charge in [-0.1, -0.05) is 268 Å². The van der Waals surface area contributed by atoms with E-state index in [9.17, 15) is 19.0 Å². The van der Waals surface area contributed by atoms with E-state index >= 15 is 0 Å². The van der Waals surface area contributed by atoms with Crippen molar-refractivity contribution in [3.8, 4) is 0 Å². The molecule has 0 heterocycles. The second-order valence-electron chi connectivity index (χ2n) is 22.9. The van der Waals surface area contributed by atoms with Crippen molar-refractivity contribution in [2.45, 2.75) is 309 Å². The first kappa shape index (κ1) is 73.7. The van der Waals surface area contributed by atoms with Crippen molar-refractivity contribution >= 4 is 19.7 Å². The smallest absolute Gasteiger partial charge is 0.306 e. The Labute approximate surface area is 471 Å². The van der Waals surface area contributed by atoms with Crippen LogP contribution >= 0.6 is 7.82 Å². The number of amides is 1. The molecule has 0 saturated carbocycles. The lowest BCUT2D eigenvalue weighted by Gasteiger charge is -2.30. The summed E-state index contributed by atoms with van der Waals surface area (Å²) in [6.45, 7) is 6.83. The van der Waals surface area contributed by atoms with Crippen LogP contribution in [0.15, 0.2) is 60.8 Å². The lowest BCUT2D eigenvalue weighted by Crippen LogP contribution is -2.47. The zero-order chi connectivity index (χ0) is 55.7. The van der Waals surface area contributed by atoms with Crippen molar-refractivity contribution in [1.29, 1.82) is 0 Å². The van der Waals surface area contributed by atoms with E-state index in [0.717, 1.165) is 89.9 Å². The maximum absolute atomic E-state index is 13.5. The first-order valence-electron chi connectivity index (χ1n) is 32.1. The van der Waals surface area contributed by atoms with Crippen molar-refractivity contribution in [1.82, 2.24) is 5.32 Å². The van der Waals surface area contributed by atoms with E-state index in [1.807, 2.05) is 33.3 Å². The number of quaternary nitrogens is 1. The van der Waals surface area contributed by atoms with Gasteiger partial charge < -0.3 is 28.5 Å². The van der Waals surface area contributed by atoms with Gasteiger partial charge in [-0.2, -0.15) is 0 Å². The number of unbranched alkanes of at least 4 members (excludes halogenated alkanes) is 34. The highest BCUT2D eigenvalue weighted by Gasteiger charge is 2.27. The Bertz CT molecular complexity index is 1490. The van der Waals surface area contributed by atoms with E-state index < -0.39 is 26.6 Å². The molecule has 0 rings (SSSR count). The van der Waals surface area contributed by atoms with Crippen molar-refractivity contribution in [3.63, 3.8) is 0 Å². The molecule has 3 unspecified atom stereocenters. The molecule has 0 aliphatic carbocycles. The Hall–Kier alpha value is -2.29. The maximum atomic E-state index is 13.5. The molecule has 76 heavy (non-hydrogen) atoms. The fraction of sp³-hybridized carbons (Fsp3) is 0.818. The van der Waals surface area contributed by atoms with E-state index in [-0.39, 0.29) is 24.9 Å². The summed E-state index contributed by atoms with van der Waals surface area (Å²) in [6, 6.07) is -0.891. The first-order valence-corrected chi connectivity index (χ1v) is 33.6. The number of rotatable bonds is 58. The molecular weight excluding hydrogens is 964 g/mol. The molecule has 0 bridgehead atoms. The molecule has 0 aromatic heterocycles. The quantitative estimate of drug-likeness (QED) is 0.0212. The molecule has 0 saturated heterocycles. The molecule has 0 radical (unpaired) electrons. The van der Waals surface area contributed by atoms with Gasteiger partial charge in [0.25, 0.3) is 7.82 Å². The molecule has 1 amide bonds. The van der Waals surface area contributed by atoms with Crippen LogP contribution in [0.4, 0.5) is 0 Å². The number of phosphoric ester groups is 1. The van der Waals surface area contributed by atoms with Crippen molar-refractivity contribution in [2.24, 2.45) is 0 Å². The largest absolute Gasteiger partial charge is 0.756 e. The molecule has 10 heteroatoms. The minimum absolute atomic E-state index is 0.0241. The highest BCUT2D eigenvalue weighted by molar-refractivity contribution is 7.45. The number of nitrogens with zero attached hydrogens (tertiary/aromatic N) is 1. The molecule has 0 aromatic rings. The predicted octanol–water partition coefficient (Wildman–Crippen LogP) is 19.2. The van der Waals surface area contributed by atoms with Crippen LogP contribution < -0.4 is 10.2 Å². The third kappa shape index (κ3) is 56.4. The summed E-state index contributed by atoms with van der Waals surface area (Å²) in [5, 5.41) is 3.03.